The Hall–Kier alpha value is -0.520. The summed E-state index contributed by atoms with van der Waals surface area (Å²) in [5.41, 5.74) is 3.03. The van der Waals surface area contributed by atoms with Gasteiger partial charge in [0.15, 0.2) is 0 Å². The van der Waals surface area contributed by atoms with Crippen LogP contribution in [0.3, 0.4) is 0 Å². The van der Waals surface area contributed by atoms with Crippen molar-refractivity contribution in [2.45, 2.75) is 41.0 Å². The summed E-state index contributed by atoms with van der Waals surface area (Å²) in [5.74, 6) is 0.666. The minimum atomic E-state index is 0.666. The highest BCUT2D eigenvalue weighted by molar-refractivity contribution is 5.21. The first kappa shape index (κ1) is 10.5. The van der Waals surface area contributed by atoms with Gasteiger partial charge in [-0.05, 0) is 26.2 Å². The van der Waals surface area contributed by atoms with Crippen molar-refractivity contribution in [3.63, 3.8) is 0 Å². The Bertz CT molecular complexity index is 143. The predicted octanol–water partition coefficient (Wildman–Crippen LogP) is 3.95. The third-order valence-corrected chi connectivity index (χ3v) is 1.65. The van der Waals surface area contributed by atoms with Gasteiger partial charge in [-0.15, -0.1) is 0 Å². The summed E-state index contributed by atoms with van der Waals surface area (Å²) in [6.07, 6.45) is 5.84. The summed E-state index contributed by atoms with van der Waals surface area (Å²) >= 11 is 0. The minimum Gasteiger partial charge on any atom is -0.0786 e. The van der Waals surface area contributed by atoms with Gasteiger partial charge in [-0.3, -0.25) is 0 Å². The fraction of sp³-hybridized carbons (Fsp3) is 0.636. The standard InChI is InChI=1S/C9H14.C2H6/c1-7-4-8(2)6-9(3)5-7;1-2/h4-5,7H,6H2,1-3H3;1-2H3. The van der Waals surface area contributed by atoms with Gasteiger partial charge >= 0.3 is 0 Å². The molecule has 0 fully saturated rings. The molecule has 11 heavy (non-hydrogen) atoms. The second-order valence-corrected chi connectivity index (χ2v) is 3.06. The second kappa shape index (κ2) is 5.17. The van der Waals surface area contributed by atoms with Gasteiger partial charge in [0.2, 0.25) is 0 Å². The van der Waals surface area contributed by atoms with Gasteiger partial charge in [-0.1, -0.05) is 44.1 Å². The number of allylic oxidation sites excluding steroid dienone is 4. The molecule has 0 nitrogen and oxygen atoms in total. The average molecular weight is 152 g/mol. The quantitative estimate of drug-likeness (QED) is 0.461. The lowest BCUT2D eigenvalue weighted by atomic mass is 9.94. The monoisotopic (exact) mass is 152 g/mol. The molecule has 0 radical (unpaired) electrons. The molecule has 64 valence electrons. The van der Waals surface area contributed by atoms with Gasteiger partial charge in [-0.2, -0.15) is 0 Å². The van der Waals surface area contributed by atoms with E-state index in [0.717, 1.165) is 0 Å². The first-order valence-corrected chi connectivity index (χ1v) is 4.53. The van der Waals surface area contributed by atoms with Crippen LogP contribution in [0.1, 0.15) is 41.0 Å². The summed E-state index contributed by atoms with van der Waals surface area (Å²) in [6.45, 7) is 10.6. The van der Waals surface area contributed by atoms with Gasteiger partial charge in [0.25, 0.3) is 0 Å². The Balaban J connectivity index is 0.000000461. The third kappa shape index (κ3) is 4.02. The highest BCUT2D eigenvalue weighted by Gasteiger charge is 2.02. The smallest absolute Gasteiger partial charge is 0.00765 e. The molecule has 0 heteroatoms. The molecule has 0 aromatic rings. The van der Waals surface area contributed by atoms with E-state index in [9.17, 15) is 0 Å². The molecule has 1 aliphatic rings. The number of hydrogen-bond donors (Lipinski definition) is 0. The molecule has 0 spiro atoms. The fourth-order valence-corrected chi connectivity index (χ4v) is 1.50. The van der Waals surface area contributed by atoms with Crippen molar-refractivity contribution in [2.75, 3.05) is 0 Å². The van der Waals surface area contributed by atoms with Crippen molar-refractivity contribution in [2.24, 2.45) is 5.92 Å². The Morgan fingerprint density at radius 1 is 1.09 bits per heavy atom. The fourth-order valence-electron chi connectivity index (χ4n) is 1.50. The summed E-state index contributed by atoms with van der Waals surface area (Å²) in [4.78, 5) is 0. The van der Waals surface area contributed by atoms with E-state index in [1.165, 1.54) is 17.6 Å². The molecule has 0 N–H and O–H groups in total. The number of rotatable bonds is 0. The molecule has 0 saturated heterocycles. The van der Waals surface area contributed by atoms with Crippen LogP contribution in [-0.2, 0) is 0 Å². The maximum absolute atomic E-state index is 2.33. The van der Waals surface area contributed by atoms with Crippen LogP contribution >= 0.6 is 0 Å². The Morgan fingerprint density at radius 3 is 1.73 bits per heavy atom. The zero-order chi connectivity index (χ0) is 8.85. The molecule has 0 unspecified atom stereocenters. The topological polar surface area (TPSA) is 0 Å². The molecule has 1 rings (SSSR count). The van der Waals surface area contributed by atoms with Crippen molar-refractivity contribution >= 4 is 0 Å². The molecule has 0 aromatic carbocycles. The maximum atomic E-state index is 2.33. The van der Waals surface area contributed by atoms with Crippen LogP contribution in [0, 0.1) is 5.92 Å². The third-order valence-electron chi connectivity index (χ3n) is 1.65. The molecule has 0 atom stereocenters. The van der Waals surface area contributed by atoms with Crippen LogP contribution in [0.4, 0.5) is 0 Å². The molecule has 0 amide bonds. The van der Waals surface area contributed by atoms with E-state index in [1.54, 1.807) is 0 Å². The van der Waals surface area contributed by atoms with Crippen molar-refractivity contribution in [3.8, 4) is 0 Å². The van der Waals surface area contributed by atoms with Crippen LogP contribution in [-0.4, -0.2) is 0 Å². The zero-order valence-corrected chi connectivity index (χ0v) is 8.44. The molecule has 0 bridgehead atoms. The summed E-state index contributed by atoms with van der Waals surface area (Å²) < 4.78 is 0. The average Bonchev–Trinajstić information content (AvgIpc) is 1.88. The highest BCUT2D eigenvalue weighted by atomic mass is 14.1. The van der Waals surface area contributed by atoms with E-state index in [1.807, 2.05) is 13.8 Å². The van der Waals surface area contributed by atoms with Gasteiger partial charge in [0, 0.05) is 0 Å². The maximum Gasteiger partial charge on any atom is -0.00765 e. The second-order valence-electron chi connectivity index (χ2n) is 3.06. The van der Waals surface area contributed by atoms with E-state index in [4.69, 9.17) is 0 Å². The summed E-state index contributed by atoms with van der Waals surface area (Å²) in [5, 5.41) is 0. The van der Waals surface area contributed by atoms with Crippen LogP contribution in [0.5, 0.6) is 0 Å². The number of hydrogen-bond acceptors (Lipinski definition) is 0. The van der Waals surface area contributed by atoms with Gasteiger partial charge in [0.1, 0.15) is 0 Å². The summed E-state index contributed by atoms with van der Waals surface area (Å²) in [6, 6.07) is 0. The van der Waals surface area contributed by atoms with Crippen LogP contribution in [0.15, 0.2) is 23.3 Å². The van der Waals surface area contributed by atoms with Crippen molar-refractivity contribution < 1.29 is 0 Å². The lowest BCUT2D eigenvalue weighted by Gasteiger charge is -2.12. The van der Waals surface area contributed by atoms with Crippen LogP contribution in [0.25, 0.3) is 0 Å². The lowest BCUT2D eigenvalue weighted by molar-refractivity contribution is 0.857. The first-order chi connectivity index (χ1) is 5.18. The normalized spacial score (nSPS) is 17.9. The van der Waals surface area contributed by atoms with Gasteiger partial charge < -0.3 is 0 Å². The SMILES string of the molecule is CC.CC1=CC(C)C=C(C)C1. The van der Waals surface area contributed by atoms with Crippen molar-refractivity contribution in [3.05, 3.63) is 23.3 Å². The molecule has 1 aliphatic carbocycles. The zero-order valence-electron chi connectivity index (χ0n) is 8.44. The Morgan fingerprint density at radius 2 is 1.45 bits per heavy atom. The largest absolute Gasteiger partial charge is 0.0786 e. The minimum absolute atomic E-state index is 0.666. The van der Waals surface area contributed by atoms with Gasteiger partial charge in [-0.25, -0.2) is 0 Å². The molecule has 0 aromatic heterocycles. The molecular weight excluding hydrogens is 132 g/mol. The summed E-state index contributed by atoms with van der Waals surface area (Å²) in [7, 11) is 0. The van der Waals surface area contributed by atoms with Gasteiger partial charge in [0.05, 0.1) is 0 Å². The molecule has 0 heterocycles. The Kier molecular flexibility index (Phi) is 4.93. The van der Waals surface area contributed by atoms with Crippen LogP contribution < -0.4 is 0 Å². The van der Waals surface area contributed by atoms with E-state index < -0.39 is 0 Å². The van der Waals surface area contributed by atoms with E-state index in [2.05, 4.69) is 32.9 Å². The lowest BCUT2D eigenvalue weighted by Crippen LogP contribution is -1.95. The molecule has 0 saturated carbocycles. The molecular formula is C11H20. The molecule has 0 aliphatic heterocycles. The predicted molar refractivity (Wildman–Crippen MR) is 52.6 cm³/mol. The van der Waals surface area contributed by atoms with E-state index in [0.29, 0.717) is 5.92 Å². The Labute approximate surface area is 71.0 Å². The first-order valence-electron chi connectivity index (χ1n) is 4.53. The van der Waals surface area contributed by atoms with E-state index in [-0.39, 0.29) is 0 Å². The van der Waals surface area contributed by atoms with E-state index >= 15 is 0 Å². The van der Waals surface area contributed by atoms with Crippen molar-refractivity contribution in [1.29, 1.82) is 0 Å². The van der Waals surface area contributed by atoms with Crippen molar-refractivity contribution in [1.82, 2.24) is 0 Å². The highest BCUT2D eigenvalue weighted by Crippen LogP contribution is 2.20. The van der Waals surface area contributed by atoms with Crippen LogP contribution in [0.2, 0.25) is 0 Å².